The monoisotopic (exact) mass is 152 g/mol. The number of ether oxygens (including phenoxy) is 1. The van der Waals surface area contributed by atoms with Crippen molar-refractivity contribution < 1.29 is 13.8 Å². The van der Waals surface area contributed by atoms with E-state index in [4.69, 9.17) is 4.52 Å². The van der Waals surface area contributed by atoms with E-state index in [0.717, 1.165) is 0 Å². The lowest BCUT2D eigenvalue weighted by Gasteiger charge is -1.88. The van der Waals surface area contributed by atoms with Crippen molar-refractivity contribution >= 4 is 8.18 Å². The Bertz CT molecular complexity index is 87.9. The molecule has 0 aliphatic heterocycles. The van der Waals surface area contributed by atoms with Crippen LogP contribution in [0.15, 0.2) is 0 Å². The Balaban J connectivity index is 2.97. The fraction of sp³-hybridized carbons (Fsp3) is 1.00. The number of rotatable bonds is 5. The quantitative estimate of drug-likeness (QED) is 0.461. The average Bonchev–Trinajstić information content (AvgIpc) is 1.89. The molecule has 0 saturated heterocycles. The number of methoxy groups -OCH3 is 1. The van der Waals surface area contributed by atoms with Crippen molar-refractivity contribution in [3.05, 3.63) is 0 Å². The van der Waals surface area contributed by atoms with E-state index >= 15 is 0 Å². The van der Waals surface area contributed by atoms with Gasteiger partial charge in [-0.1, -0.05) is 5.09 Å². The van der Waals surface area contributed by atoms with Crippen LogP contribution in [0.3, 0.4) is 0 Å². The zero-order valence-electron chi connectivity index (χ0n) is 5.59. The van der Waals surface area contributed by atoms with Gasteiger partial charge >= 0.3 is 8.18 Å². The van der Waals surface area contributed by atoms with Gasteiger partial charge in [0.15, 0.2) is 0 Å². The van der Waals surface area contributed by atoms with Crippen molar-refractivity contribution in [3.63, 3.8) is 0 Å². The first kappa shape index (κ1) is 8.98. The molecule has 0 rings (SSSR count). The van der Waals surface area contributed by atoms with Gasteiger partial charge in [-0.25, -0.2) is 0 Å². The van der Waals surface area contributed by atoms with Crippen LogP contribution in [0.2, 0.25) is 0 Å². The molecule has 0 bridgehead atoms. The van der Waals surface area contributed by atoms with Gasteiger partial charge in [0.05, 0.1) is 6.61 Å². The molecule has 0 heterocycles. The van der Waals surface area contributed by atoms with E-state index in [0.29, 0.717) is 13.2 Å². The summed E-state index contributed by atoms with van der Waals surface area (Å²) in [4.78, 5) is 0. The van der Waals surface area contributed by atoms with E-state index in [9.17, 15) is 4.57 Å². The van der Waals surface area contributed by atoms with Crippen LogP contribution in [-0.4, -0.2) is 27.4 Å². The third kappa shape index (κ3) is 5.86. The van der Waals surface area contributed by atoms with Gasteiger partial charge in [-0.05, 0) is 4.57 Å². The van der Waals surface area contributed by atoms with Crippen LogP contribution in [-0.2, 0) is 13.8 Å². The molecule has 54 valence electrons. The molecular formula is C4H11NO3P+. The number of hydrogen-bond donors (Lipinski definition) is 1. The lowest BCUT2D eigenvalue weighted by atomic mass is 10.8. The van der Waals surface area contributed by atoms with Gasteiger partial charge in [0.2, 0.25) is 0 Å². The van der Waals surface area contributed by atoms with E-state index in [-0.39, 0.29) is 0 Å². The van der Waals surface area contributed by atoms with Crippen LogP contribution in [0.1, 0.15) is 0 Å². The van der Waals surface area contributed by atoms with Gasteiger partial charge in [0.25, 0.3) is 0 Å². The lowest BCUT2D eigenvalue weighted by molar-refractivity contribution is 0.149. The topological polar surface area (TPSA) is 47.6 Å². The molecule has 1 atom stereocenters. The van der Waals surface area contributed by atoms with Gasteiger partial charge in [-0.2, -0.15) is 0 Å². The Morgan fingerprint density at radius 3 is 2.67 bits per heavy atom. The van der Waals surface area contributed by atoms with Crippen LogP contribution in [0.4, 0.5) is 0 Å². The highest BCUT2D eigenvalue weighted by molar-refractivity contribution is 7.36. The molecule has 0 saturated carbocycles. The highest BCUT2D eigenvalue weighted by Gasteiger charge is 2.11. The molecule has 5 heteroatoms. The normalized spacial score (nSPS) is 11.6. The fourth-order valence-electron chi connectivity index (χ4n) is 0.268. The molecule has 0 aromatic rings. The second-order valence-corrected chi connectivity index (χ2v) is 2.53. The molecule has 0 amide bonds. The predicted octanol–water partition coefficient (Wildman–Crippen LogP) is 0.526. The Kier molecular flexibility index (Phi) is 6.09. The standard InChI is InChI=1S/C4H11NO3P/c1-5-9(6)8-4-3-7-2/h3-4H2,1-2H3,(H,5,6)/q+1. The third-order valence-corrected chi connectivity index (χ3v) is 1.46. The SMILES string of the molecule is CN[P+](=O)OCCOC. The molecule has 1 unspecified atom stereocenters. The van der Waals surface area contributed by atoms with Gasteiger partial charge < -0.3 is 4.74 Å². The maximum absolute atomic E-state index is 10.4. The highest BCUT2D eigenvalue weighted by Crippen LogP contribution is 2.12. The molecule has 4 nitrogen and oxygen atoms in total. The second kappa shape index (κ2) is 6.11. The molecule has 1 N–H and O–H groups in total. The first-order chi connectivity index (χ1) is 4.31. The summed E-state index contributed by atoms with van der Waals surface area (Å²) in [6, 6.07) is 0. The summed E-state index contributed by atoms with van der Waals surface area (Å²) >= 11 is 0. The summed E-state index contributed by atoms with van der Waals surface area (Å²) in [5, 5.41) is 2.46. The molecule has 0 aromatic carbocycles. The highest BCUT2D eigenvalue weighted by atomic mass is 31.1. The van der Waals surface area contributed by atoms with Gasteiger partial charge in [0.1, 0.15) is 6.61 Å². The van der Waals surface area contributed by atoms with Crippen LogP contribution in [0, 0.1) is 0 Å². The predicted molar refractivity (Wildman–Crippen MR) is 34.5 cm³/mol. The Morgan fingerprint density at radius 1 is 1.56 bits per heavy atom. The molecule has 0 aliphatic rings. The van der Waals surface area contributed by atoms with Crippen LogP contribution < -0.4 is 5.09 Å². The first-order valence-corrected chi connectivity index (χ1v) is 3.75. The Labute approximate surface area is 55.5 Å². The van der Waals surface area contributed by atoms with E-state index in [1.807, 2.05) is 0 Å². The second-order valence-electron chi connectivity index (χ2n) is 1.31. The summed E-state index contributed by atoms with van der Waals surface area (Å²) in [5.41, 5.74) is 0. The summed E-state index contributed by atoms with van der Waals surface area (Å²) in [7, 11) is 1.47. The molecule has 0 aromatic heterocycles. The van der Waals surface area contributed by atoms with Crippen molar-refractivity contribution in [2.75, 3.05) is 27.4 Å². The molecule has 9 heavy (non-hydrogen) atoms. The number of hydrogen-bond acceptors (Lipinski definition) is 3. The van der Waals surface area contributed by atoms with Crippen molar-refractivity contribution in [2.45, 2.75) is 0 Å². The van der Waals surface area contributed by atoms with Gasteiger partial charge in [-0.3, -0.25) is 0 Å². The molecule has 0 aliphatic carbocycles. The molecule has 0 fully saturated rings. The third-order valence-electron chi connectivity index (χ3n) is 0.679. The average molecular weight is 152 g/mol. The summed E-state index contributed by atoms with van der Waals surface area (Å²) in [6.45, 7) is 0.843. The van der Waals surface area contributed by atoms with Crippen LogP contribution in [0.25, 0.3) is 0 Å². The Hall–Kier alpha value is -0.0200. The summed E-state index contributed by atoms with van der Waals surface area (Å²) < 4.78 is 19.8. The smallest absolute Gasteiger partial charge is 0.382 e. The van der Waals surface area contributed by atoms with E-state index in [1.54, 1.807) is 14.2 Å². The minimum atomic E-state index is -1.67. The zero-order valence-corrected chi connectivity index (χ0v) is 6.48. The van der Waals surface area contributed by atoms with Gasteiger partial charge in [-0.15, -0.1) is 4.52 Å². The van der Waals surface area contributed by atoms with E-state index < -0.39 is 8.18 Å². The van der Waals surface area contributed by atoms with Gasteiger partial charge in [0, 0.05) is 14.2 Å². The summed E-state index contributed by atoms with van der Waals surface area (Å²) in [5.74, 6) is 0. The molecule has 0 radical (unpaired) electrons. The minimum Gasteiger partial charge on any atom is -0.382 e. The molecule has 0 spiro atoms. The van der Waals surface area contributed by atoms with Crippen molar-refractivity contribution in [1.29, 1.82) is 0 Å². The van der Waals surface area contributed by atoms with E-state index in [1.165, 1.54) is 0 Å². The first-order valence-electron chi connectivity index (χ1n) is 2.57. The summed E-state index contributed by atoms with van der Waals surface area (Å²) in [6.07, 6.45) is 0. The van der Waals surface area contributed by atoms with Crippen LogP contribution in [0.5, 0.6) is 0 Å². The largest absolute Gasteiger partial charge is 0.612 e. The number of nitrogens with one attached hydrogen (secondary N) is 1. The zero-order chi connectivity index (χ0) is 7.11. The maximum atomic E-state index is 10.4. The van der Waals surface area contributed by atoms with Crippen molar-refractivity contribution in [1.82, 2.24) is 5.09 Å². The Morgan fingerprint density at radius 2 is 2.22 bits per heavy atom. The van der Waals surface area contributed by atoms with Crippen molar-refractivity contribution in [2.24, 2.45) is 0 Å². The fourth-order valence-corrected chi connectivity index (χ4v) is 0.638. The van der Waals surface area contributed by atoms with Crippen LogP contribution >= 0.6 is 8.18 Å². The molecular weight excluding hydrogens is 141 g/mol. The van der Waals surface area contributed by atoms with E-state index in [2.05, 4.69) is 9.82 Å². The lowest BCUT2D eigenvalue weighted by Crippen LogP contribution is -2.01. The minimum absolute atomic E-state index is 0.368. The van der Waals surface area contributed by atoms with Crippen molar-refractivity contribution in [3.8, 4) is 0 Å². The maximum Gasteiger partial charge on any atom is 0.612 e.